The highest BCUT2D eigenvalue weighted by Gasteiger charge is 2.51. The molecule has 1 aromatic rings. The molecule has 0 bridgehead atoms. The minimum Gasteiger partial charge on any atom is -0.496 e. The second kappa shape index (κ2) is 6.71. The Hall–Kier alpha value is -2.24. The second-order valence-electron chi connectivity index (χ2n) is 5.83. The number of hydrogen-bond donors (Lipinski definition) is 0. The average Bonchev–Trinajstić information content (AvgIpc) is 2.61. The van der Waals surface area contributed by atoms with Crippen LogP contribution in [-0.2, 0) is 16.0 Å². The van der Waals surface area contributed by atoms with E-state index in [1.54, 1.807) is 14.0 Å². The van der Waals surface area contributed by atoms with Crippen LogP contribution in [-0.4, -0.2) is 40.2 Å². The minimum absolute atomic E-state index is 0.279. The summed E-state index contributed by atoms with van der Waals surface area (Å²) in [7, 11) is 5.89. The molecule has 1 aliphatic carbocycles. The molecule has 0 aromatic heterocycles. The van der Waals surface area contributed by atoms with Gasteiger partial charge in [-0.15, -0.1) is 0 Å². The number of benzene rings is 1. The van der Waals surface area contributed by atoms with E-state index in [-0.39, 0.29) is 5.78 Å². The predicted octanol–water partition coefficient (Wildman–Crippen LogP) is 2.72. The van der Waals surface area contributed by atoms with Crippen molar-refractivity contribution in [3.05, 3.63) is 16.7 Å². The molecule has 1 aromatic carbocycles. The maximum Gasteiger partial charge on any atom is 0.319 e. The monoisotopic (exact) mass is 336 g/mol. The third-order valence-electron chi connectivity index (χ3n) is 4.95. The van der Waals surface area contributed by atoms with Crippen molar-refractivity contribution in [2.75, 3.05) is 28.4 Å². The van der Waals surface area contributed by atoms with E-state index in [1.165, 1.54) is 21.3 Å². The van der Waals surface area contributed by atoms with Gasteiger partial charge in [-0.3, -0.25) is 9.59 Å². The van der Waals surface area contributed by atoms with Gasteiger partial charge in [-0.05, 0) is 26.2 Å². The molecule has 0 fully saturated rings. The van der Waals surface area contributed by atoms with Gasteiger partial charge in [-0.25, -0.2) is 0 Å². The van der Waals surface area contributed by atoms with Crippen molar-refractivity contribution in [1.82, 2.24) is 0 Å². The average molecular weight is 336 g/mol. The van der Waals surface area contributed by atoms with Gasteiger partial charge < -0.3 is 18.9 Å². The van der Waals surface area contributed by atoms with Gasteiger partial charge in [0.05, 0.1) is 34.0 Å². The number of hydrogen-bond acceptors (Lipinski definition) is 6. The summed E-state index contributed by atoms with van der Waals surface area (Å²) in [6.07, 6.45) is 1.24. The number of rotatable bonds is 5. The number of ether oxygens (including phenoxy) is 4. The molecule has 1 atom stereocenters. The number of carbonyl (C=O) groups is 2. The summed E-state index contributed by atoms with van der Waals surface area (Å²) in [5.41, 5.74) is 0.600. The van der Waals surface area contributed by atoms with Gasteiger partial charge in [-0.2, -0.15) is 0 Å². The standard InChI is InChI=1S/C18H24O6/c1-7-18(17(20)24-6)9-8-11-12(16(18)19)13(21-3)10(2)14(22-4)15(11)23-5/h7-9H2,1-6H3/t18-/m1/s1. The van der Waals surface area contributed by atoms with Gasteiger partial charge >= 0.3 is 5.97 Å². The Morgan fingerprint density at radius 2 is 1.62 bits per heavy atom. The molecule has 0 saturated carbocycles. The molecule has 24 heavy (non-hydrogen) atoms. The van der Waals surface area contributed by atoms with Crippen LogP contribution in [0.1, 0.15) is 41.3 Å². The molecule has 0 unspecified atom stereocenters. The molecule has 2 rings (SSSR count). The number of methoxy groups -OCH3 is 4. The molecule has 0 N–H and O–H groups in total. The van der Waals surface area contributed by atoms with E-state index in [0.717, 1.165) is 5.56 Å². The molecular weight excluding hydrogens is 312 g/mol. The lowest BCUT2D eigenvalue weighted by Crippen LogP contribution is -2.43. The van der Waals surface area contributed by atoms with E-state index < -0.39 is 11.4 Å². The van der Waals surface area contributed by atoms with Crippen molar-refractivity contribution in [3.63, 3.8) is 0 Å². The van der Waals surface area contributed by atoms with Crippen LogP contribution in [0.2, 0.25) is 0 Å². The topological polar surface area (TPSA) is 71.1 Å². The first-order chi connectivity index (χ1) is 11.4. The molecular formula is C18H24O6. The van der Waals surface area contributed by atoms with Gasteiger partial charge in [-0.1, -0.05) is 6.92 Å². The molecule has 132 valence electrons. The Morgan fingerprint density at radius 1 is 1.04 bits per heavy atom. The Balaban J connectivity index is 2.81. The fourth-order valence-electron chi connectivity index (χ4n) is 3.61. The predicted molar refractivity (Wildman–Crippen MR) is 88.2 cm³/mol. The zero-order valence-electron chi connectivity index (χ0n) is 15.1. The normalized spacial score (nSPS) is 19.5. The summed E-state index contributed by atoms with van der Waals surface area (Å²) in [5.74, 6) is 0.708. The smallest absolute Gasteiger partial charge is 0.319 e. The van der Waals surface area contributed by atoms with Crippen molar-refractivity contribution in [2.24, 2.45) is 5.41 Å². The lowest BCUT2D eigenvalue weighted by molar-refractivity contribution is -0.150. The lowest BCUT2D eigenvalue weighted by atomic mass is 9.68. The summed E-state index contributed by atoms with van der Waals surface area (Å²) >= 11 is 0. The molecule has 0 aliphatic heterocycles. The second-order valence-corrected chi connectivity index (χ2v) is 5.83. The van der Waals surface area contributed by atoms with Crippen molar-refractivity contribution in [3.8, 4) is 17.2 Å². The summed E-state index contributed by atoms with van der Waals surface area (Å²) < 4.78 is 21.4. The summed E-state index contributed by atoms with van der Waals surface area (Å²) in [5, 5.41) is 0. The molecule has 1 aliphatic rings. The first-order valence-corrected chi connectivity index (χ1v) is 7.88. The SMILES string of the molecule is CC[C@@]1(C(=O)OC)CCc2c(OC)c(OC)c(C)c(OC)c2C1=O. The largest absolute Gasteiger partial charge is 0.496 e. The Kier molecular flexibility index (Phi) is 5.06. The third-order valence-corrected chi connectivity index (χ3v) is 4.95. The number of fused-ring (bicyclic) bond motifs is 1. The maximum absolute atomic E-state index is 13.3. The number of esters is 1. The van der Waals surface area contributed by atoms with Gasteiger partial charge in [0.1, 0.15) is 11.2 Å². The van der Waals surface area contributed by atoms with Crippen LogP contribution in [0, 0.1) is 12.3 Å². The van der Waals surface area contributed by atoms with Crippen molar-refractivity contribution >= 4 is 11.8 Å². The van der Waals surface area contributed by atoms with Gasteiger partial charge in [0.2, 0.25) is 0 Å². The zero-order valence-corrected chi connectivity index (χ0v) is 15.1. The molecule has 0 heterocycles. The van der Waals surface area contributed by atoms with E-state index in [9.17, 15) is 9.59 Å². The minimum atomic E-state index is -1.18. The fraction of sp³-hybridized carbons (Fsp3) is 0.556. The molecule has 0 radical (unpaired) electrons. The first-order valence-electron chi connectivity index (χ1n) is 7.88. The number of ketones is 1. The van der Waals surface area contributed by atoms with Crippen LogP contribution in [0.4, 0.5) is 0 Å². The van der Waals surface area contributed by atoms with Crippen LogP contribution in [0.25, 0.3) is 0 Å². The van der Waals surface area contributed by atoms with Crippen molar-refractivity contribution in [2.45, 2.75) is 33.1 Å². The number of carbonyl (C=O) groups excluding carboxylic acids is 2. The molecule has 6 nitrogen and oxygen atoms in total. The molecule has 6 heteroatoms. The number of Topliss-reactive ketones (excluding diaryl/α,β-unsaturated/α-hetero) is 1. The summed E-state index contributed by atoms with van der Waals surface area (Å²) in [6, 6.07) is 0. The molecule has 0 spiro atoms. The maximum atomic E-state index is 13.3. The van der Waals surface area contributed by atoms with E-state index in [4.69, 9.17) is 18.9 Å². The highest BCUT2D eigenvalue weighted by molar-refractivity contribution is 6.16. The van der Waals surface area contributed by atoms with Gasteiger partial charge in [0.15, 0.2) is 17.3 Å². The van der Waals surface area contributed by atoms with E-state index in [1.807, 2.05) is 6.92 Å². The molecule has 0 saturated heterocycles. The van der Waals surface area contributed by atoms with Gasteiger partial charge in [0, 0.05) is 11.1 Å². The van der Waals surface area contributed by atoms with E-state index in [0.29, 0.717) is 47.6 Å². The third kappa shape index (κ3) is 2.32. The van der Waals surface area contributed by atoms with Crippen LogP contribution in [0.3, 0.4) is 0 Å². The van der Waals surface area contributed by atoms with Crippen LogP contribution >= 0.6 is 0 Å². The van der Waals surface area contributed by atoms with Crippen LogP contribution in [0.15, 0.2) is 0 Å². The fourth-order valence-corrected chi connectivity index (χ4v) is 3.61. The van der Waals surface area contributed by atoms with E-state index in [2.05, 4.69) is 0 Å². The quantitative estimate of drug-likeness (QED) is 0.608. The Morgan fingerprint density at radius 3 is 2.08 bits per heavy atom. The Labute approximate surface area is 142 Å². The summed E-state index contributed by atoms with van der Waals surface area (Å²) in [4.78, 5) is 25.7. The van der Waals surface area contributed by atoms with Crippen molar-refractivity contribution in [1.29, 1.82) is 0 Å². The first kappa shape index (κ1) is 18.1. The van der Waals surface area contributed by atoms with Crippen LogP contribution < -0.4 is 14.2 Å². The van der Waals surface area contributed by atoms with E-state index >= 15 is 0 Å². The molecule has 0 amide bonds. The zero-order chi connectivity index (χ0) is 18.1. The Bertz CT molecular complexity index is 679. The van der Waals surface area contributed by atoms with Crippen molar-refractivity contribution < 1.29 is 28.5 Å². The summed E-state index contributed by atoms with van der Waals surface area (Å²) in [6.45, 7) is 3.62. The highest BCUT2D eigenvalue weighted by atomic mass is 16.5. The highest BCUT2D eigenvalue weighted by Crippen LogP contribution is 2.50. The van der Waals surface area contributed by atoms with Crippen LogP contribution in [0.5, 0.6) is 17.2 Å². The van der Waals surface area contributed by atoms with Gasteiger partial charge in [0.25, 0.3) is 0 Å². The lowest BCUT2D eigenvalue weighted by Gasteiger charge is -2.35.